The van der Waals surface area contributed by atoms with Crippen LogP contribution in [0.15, 0.2) is 0 Å². The maximum Gasteiger partial charge on any atom is 0.245 e. The van der Waals surface area contributed by atoms with Crippen LogP contribution in [-0.4, -0.2) is 35.8 Å². The van der Waals surface area contributed by atoms with Gasteiger partial charge in [0.1, 0.15) is 6.04 Å². The van der Waals surface area contributed by atoms with E-state index in [-0.39, 0.29) is 35.2 Å². The van der Waals surface area contributed by atoms with Gasteiger partial charge >= 0.3 is 0 Å². The van der Waals surface area contributed by atoms with Crippen LogP contribution >= 0.6 is 0 Å². The molecule has 106 valence electrons. The predicted molar refractivity (Wildman–Crippen MR) is 72.3 cm³/mol. The Morgan fingerprint density at radius 1 is 1.16 bits per heavy atom. The summed E-state index contributed by atoms with van der Waals surface area (Å²) in [5.41, 5.74) is 0.520. The number of nitrogens with one attached hydrogen (secondary N) is 1. The molecular weight excluding hydrogens is 240 g/mol. The van der Waals surface area contributed by atoms with Gasteiger partial charge in [-0.1, -0.05) is 27.7 Å². The van der Waals surface area contributed by atoms with Crippen LogP contribution in [0.4, 0.5) is 0 Å². The van der Waals surface area contributed by atoms with Crippen molar-refractivity contribution in [1.82, 2.24) is 10.2 Å². The van der Waals surface area contributed by atoms with Crippen molar-refractivity contribution in [3.05, 3.63) is 0 Å². The predicted octanol–water partition coefficient (Wildman–Crippen LogP) is 1.41. The van der Waals surface area contributed by atoms with Crippen molar-refractivity contribution in [1.29, 1.82) is 0 Å². The lowest BCUT2D eigenvalue weighted by Gasteiger charge is -2.33. The molecule has 2 amide bonds. The normalized spacial score (nSPS) is 33.3. The highest BCUT2D eigenvalue weighted by Gasteiger charge is 2.65. The Balaban J connectivity index is 1.70. The molecule has 2 aliphatic carbocycles. The maximum absolute atomic E-state index is 12.4. The second kappa shape index (κ2) is 3.74. The fourth-order valence-electron chi connectivity index (χ4n) is 3.64. The largest absolute Gasteiger partial charge is 0.342 e. The van der Waals surface area contributed by atoms with Gasteiger partial charge in [-0.25, -0.2) is 0 Å². The lowest BCUT2D eigenvalue weighted by atomic mass is 10.0. The zero-order chi connectivity index (χ0) is 14.0. The summed E-state index contributed by atoms with van der Waals surface area (Å²) in [5, 5.41) is 2.86. The van der Waals surface area contributed by atoms with Crippen LogP contribution in [-0.2, 0) is 9.59 Å². The Hall–Kier alpha value is -1.06. The van der Waals surface area contributed by atoms with E-state index in [2.05, 4.69) is 33.0 Å². The molecule has 1 unspecified atom stereocenters. The quantitative estimate of drug-likeness (QED) is 0.838. The molecule has 1 saturated heterocycles. The van der Waals surface area contributed by atoms with E-state index in [1.807, 2.05) is 0 Å². The van der Waals surface area contributed by atoms with E-state index < -0.39 is 0 Å². The van der Waals surface area contributed by atoms with Crippen LogP contribution in [0.5, 0.6) is 0 Å². The number of carbonyl (C=O) groups is 2. The Labute approximate surface area is 114 Å². The summed E-state index contributed by atoms with van der Waals surface area (Å²) in [4.78, 5) is 26.0. The molecule has 0 spiro atoms. The summed E-state index contributed by atoms with van der Waals surface area (Å²) in [6, 6.07) is -0.244. The van der Waals surface area contributed by atoms with Crippen molar-refractivity contribution in [2.75, 3.05) is 13.1 Å². The van der Waals surface area contributed by atoms with Gasteiger partial charge in [-0.05, 0) is 35.5 Å². The number of rotatable bonds is 3. The third-order valence-corrected chi connectivity index (χ3v) is 6.04. The number of piperazine rings is 1. The van der Waals surface area contributed by atoms with E-state index in [1.54, 1.807) is 4.90 Å². The fourth-order valence-corrected chi connectivity index (χ4v) is 3.64. The highest BCUT2D eigenvalue weighted by Crippen LogP contribution is 2.68. The SMILES string of the molecule is CC1(C)C(CN2CC(=O)NC(C3CC3)C2=O)C1(C)C. The Bertz CT molecular complexity index is 423. The number of carbonyl (C=O) groups excluding carboxylic acids is 2. The van der Waals surface area contributed by atoms with Crippen LogP contribution in [0.25, 0.3) is 0 Å². The summed E-state index contributed by atoms with van der Waals surface area (Å²) in [5.74, 6) is 1.03. The van der Waals surface area contributed by atoms with Gasteiger partial charge in [-0.15, -0.1) is 0 Å². The van der Waals surface area contributed by atoms with E-state index in [0.29, 0.717) is 11.8 Å². The summed E-state index contributed by atoms with van der Waals surface area (Å²) in [6.45, 7) is 9.99. The molecule has 4 heteroatoms. The van der Waals surface area contributed by atoms with Crippen molar-refractivity contribution in [3.63, 3.8) is 0 Å². The Kier molecular flexibility index (Phi) is 2.55. The molecule has 4 nitrogen and oxygen atoms in total. The highest BCUT2D eigenvalue weighted by molar-refractivity contribution is 5.95. The van der Waals surface area contributed by atoms with Gasteiger partial charge in [0, 0.05) is 6.54 Å². The highest BCUT2D eigenvalue weighted by atomic mass is 16.2. The van der Waals surface area contributed by atoms with Crippen LogP contribution < -0.4 is 5.32 Å². The molecule has 1 N–H and O–H groups in total. The minimum absolute atomic E-state index is 0.00719. The van der Waals surface area contributed by atoms with Crippen molar-refractivity contribution in [2.24, 2.45) is 22.7 Å². The van der Waals surface area contributed by atoms with Gasteiger partial charge in [0.05, 0.1) is 6.54 Å². The van der Waals surface area contributed by atoms with Crippen molar-refractivity contribution in [3.8, 4) is 0 Å². The molecule has 0 aromatic carbocycles. The van der Waals surface area contributed by atoms with Gasteiger partial charge in [0.15, 0.2) is 0 Å². The minimum atomic E-state index is -0.244. The van der Waals surface area contributed by atoms with E-state index in [9.17, 15) is 9.59 Å². The molecule has 2 saturated carbocycles. The summed E-state index contributed by atoms with van der Waals surface area (Å²) < 4.78 is 0. The third kappa shape index (κ3) is 1.87. The maximum atomic E-state index is 12.4. The number of nitrogens with zero attached hydrogens (tertiary/aromatic N) is 1. The van der Waals surface area contributed by atoms with E-state index >= 15 is 0 Å². The molecule has 19 heavy (non-hydrogen) atoms. The minimum Gasteiger partial charge on any atom is -0.342 e. The van der Waals surface area contributed by atoms with Crippen LogP contribution in [0.2, 0.25) is 0 Å². The zero-order valence-corrected chi connectivity index (χ0v) is 12.3. The van der Waals surface area contributed by atoms with Gasteiger partial charge in [0.25, 0.3) is 0 Å². The first-order valence-electron chi connectivity index (χ1n) is 7.33. The summed E-state index contributed by atoms with van der Waals surface area (Å²) in [6.07, 6.45) is 2.15. The first-order chi connectivity index (χ1) is 8.75. The Morgan fingerprint density at radius 2 is 1.74 bits per heavy atom. The molecule has 3 fully saturated rings. The second-order valence-corrected chi connectivity index (χ2v) is 7.60. The molecule has 1 heterocycles. The zero-order valence-electron chi connectivity index (χ0n) is 12.3. The topological polar surface area (TPSA) is 49.4 Å². The van der Waals surface area contributed by atoms with Gasteiger partial charge < -0.3 is 10.2 Å². The van der Waals surface area contributed by atoms with Crippen LogP contribution in [0.3, 0.4) is 0 Å². The van der Waals surface area contributed by atoms with Crippen LogP contribution in [0.1, 0.15) is 40.5 Å². The lowest BCUT2D eigenvalue weighted by molar-refractivity contribution is -0.145. The molecule has 0 bridgehead atoms. The van der Waals surface area contributed by atoms with E-state index in [1.165, 1.54) is 0 Å². The first kappa shape index (κ1) is 12.9. The summed E-state index contributed by atoms with van der Waals surface area (Å²) in [7, 11) is 0. The second-order valence-electron chi connectivity index (χ2n) is 7.60. The molecule has 3 rings (SSSR count). The molecule has 1 atom stereocenters. The Morgan fingerprint density at radius 3 is 2.21 bits per heavy atom. The van der Waals surface area contributed by atoms with Crippen molar-refractivity contribution >= 4 is 11.8 Å². The molecular formula is C15H24N2O2. The molecule has 0 aromatic rings. The molecule has 3 aliphatic rings. The smallest absolute Gasteiger partial charge is 0.245 e. The third-order valence-electron chi connectivity index (χ3n) is 6.04. The summed E-state index contributed by atoms with van der Waals surface area (Å²) >= 11 is 0. The monoisotopic (exact) mass is 264 g/mol. The fraction of sp³-hybridized carbons (Fsp3) is 0.867. The van der Waals surface area contributed by atoms with Crippen molar-refractivity contribution < 1.29 is 9.59 Å². The first-order valence-corrected chi connectivity index (χ1v) is 7.33. The van der Waals surface area contributed by atoms with Gasteiger partial charge in [-0.2, -0.15) is 0 Å². The number of hydrogen-bond acceptors (Lipinski definition) is 2. The van der Waals surface area contributed by atoms with Crippen LogP contribution in [0, 0.1) is 22.7 Å². The van der Waals surface area contributed by atoms with Crippen molar-refractivity contribution in [2.45, 2.75) is 46.6 Å². The van der Waals surface area contributed by atoms with Gasteiger partial charge in [-0.3, -0.25) is 9.59 Å². The standard InChI is InChI=1S/C15H24N2O2/c1-14(2)10(15(14,3)4)7-17-8-11(18)16-12(13(17)19)9-5-6-9/h9-10,12H,5-8H2,1-4H3,(H,16,18). The van der Waals surface area contributed by atoms with Gasteiger partial charge in [0.2, 0.25) is 11.8 Å². The molecule has 0 radical (unpaired) electrons. The lowest BCUT2D eigenvalue weighted by Crippen LogP contribution is -2.59. The average molecular weight is 264 g/mol. The number of amides is 2. The average Bonchev–Trinajstić information content (AvgIpc) is 3.18. The molecule has 1 aliphatic heterocycles. The van der Waals surface area contributed by atoms with E-state index in [4.69, 9.17) is 0 Å². The number of hydrogen-bond donors (Lipinski definition) is 1. The molecule has 0 aromatic heterocycles. The van der Waals surface area contributed by atoms with E-state index in [0.717, 1.165) is 19.4 Å².